The summed E-state index contributed by atoms with van der Waals surface area (Å²) in [6.45, 7) is 2.05. The van der Waals surface area contributed by atoms with E-state index in [0.29, 0.717) is 24.3 Å². The van der Waals surface area contributed by atoms with Gasteiger partial charge in [0, 0.05) is 12.6 Å². The lowest BCUT2D eigenvalue weighted by Crippen LogP contribution is -2.19. The molecule has 0 atom stereocenters. The van der Waals surface area contributed by atoms with Gasteiger partial charge in [-0.15, -0.1) is 0 Å². The van der Waals surface area contributed by atoms with Crippen LogP contribution < -0.4 is 4.90 Å². The number of halogens is 2. The molecule has 0 aromatic carbocycles. The number of hydrogen-bond acceptors (Lipinski definition) is 4. The fraction of sp³-hybridized carbons (Fsp3) is 0.429. The normalized spacial score (nSPS) is 16.6. The van der Waals surface area contributed by atoms with Crippen molar-refractivity contribution in [2.45, 2.75) is 0 Å². The van der Waals surface area contributed by atoms with Gasteiger partial charge in [-0.2, -0.15) is 0 Å². The average molecular weight is 220 g/mol. The summed E-state index contributed by atoms with van der Waals surface area (Å²) in [5, 5.41) is 0.510. The van der Waals surface area contributed by atoms with Crippen LogP contribution in [0, 0.1) is 0 Å². The van der Waals surface area contributed by atoms with Gasteiger partial charge in [-0.05, 0) is 11.6 Å². The Balaban J connectivity index is 2.28. The maximum absolute atomic E-state index is 5.73. The van der Waals surface area contributed by atoms with E-state index in [1.165, 1.54) is 0 Å². The summed E-state index contributed by atoms with van der Waals surface area (Å²) in [5.41, 5.74) is 0. The Bertz CT molecular complexity index is 294. The molecule has 0 amide bonds. The molecule has 1 fully saturated rings. The van der Waals surface area contributed by atoms with Gasteiger partial charge in [-0.1, -0.05) is 11.6 Å². The molecule has 0 unspecified atom stereocenters. The highest BCUT2D eigenvalue weighted by molar-refractivity contribution is 6.32. The van der Waals surface area contributed by atoms with E-state index in [2.05, 4.69) is 9.97 Å². The van der Waals surface area contributed by atoms with E-state index >= 15 is 0 Å². The molecule has 1 aliphatic rings. The van der Waals surface area contributed by atoms with Gasteiger partial charge in [-0.3, -0.25) is 0 Å². The summed E-state index contributed by atoms with van der Waals surface area (Å²) < 4.78 is 5.17. The molecule has 2 heterocycles. The fourth-order valence-corrected chi connectivity index (χ4v) is 1.53. The van der Waals surface area contributed by atoms with E-state index in [9.17, 15) is 0 Å². The van der Waals surface area contributed by atoms with Crippen LogP contribution in [0.5, 0.6) is 0 Å². The Hall–Kier alpha value is -0.580. The smallest absolute Gasteiger partial charge is 0.225 e. The summed E-state index contributed by atoms with van der Waals surface area (Å²) >= 11 is 11.4. The van der Waals surface area contributed by atoms with Crippen molar-refractivity contribution in [2.24, 2.45) is 0 Å². The fourth-order valence-electron chi connectivity index (χ4n) is 1.14. The van der Waals surface area contributed by atoms with Crippen LogP contribution in [0.2, 0.25) is 10.4 Å². The first-order chi connectivity index (χ1) is 6.25. The Labute approximate surface area is 85.4 Å². The number of nitrogens with zero attached hydrogens (tertiary/aromatic N) is 3. The number of anilines is 1. The van der Waals surface area contributed by atoms with Crippen molar-refractivity contribution in [3.05, 3.63) is 16.5 Å². The second kappa shape index (κ2) is 3.65. The Kier molecular flexibility index (Phi) is 2.53. The largest absolute Gasteiger partial charge is 0.359 e. The summed E-state index contributed by atoms with van der Waals surface area (Å²) in [6, 6.07) is 1.67. The van der Waals surface area contributed by atoms with Gasteiger partial charge in [0.25, 0.3) is 0 Å². The number of hydrogen-bond donors (Lipinski definition) is 0. The average Bonchev–Trinajstić information content (AvgIpc) is 2.53. The van der Waals surface area contributed by atoms with Crippen molar-refractivity contribution in [3.8, 4) is 0 Å². The molecule has 1 aromatic rings. The summed E-state index contributed by atoms with van der Waals surface area (Å²) in [4.78, 5) is 9.73. The molecule has 70 valence electrons. The molecule has 1 aliphatic heterocycles. The lowest BCUT2D eigenvalue weighted by atomic mass is 10.5. The lowest BCUT2D eigenvalue weighted by Gasteiger charge is -2.13. The molecule has 0 aliphatic carbocycles. The van der Waals surface area contributed by atoms with E-state index in [1.54, 1.807) is 6.07 Å². The zero-order valence-electron chi connectivity index (χ0n) is 6.70. The van der Waals surface area contributed by atoms with Gasteiger partial charge >= 0.3 is 0 Å². The monoisotopic (exact) mass is 219 g/mol. The Morgan fingerprint density at radius 3 is 2.85 bits per heavy atom. The third-order valence-electron chi connectivity index (χ3n) is 1.73. The molecule has 4 nitrogen and oxygen atoms in total. The molecule has 6 heteroatoms. The van der Waals surface area contributed by atoms with Crippen LogP contribution in [0.1, 0.15) is 0 Å². The number of ether oxygens (including phenoxy) is 1. The van der Waals surface area contributed by atoms with E-state index in [0.717, 1.165) is 6.54 Å². The molecule has 0 spiro atoms. The van der Waals surface area contributed by atoms with Crippen molar-refractivity contribution >= 4 is 29.0 Å². The van der Waals surface area contributed by atoms with Gasteiger partial charge in [0.1, 0.15) is 17.7 Å². The van der Waals surface area contributed by atoms with Crippen molar-refractivity contribution in [1.29, 1.82) is 0 Å². The molecule has 1 saturated heterocycles. The van der Waals surface area contributed by atoms with Crippen LogP contribution in [-0.4, -0.2) is 29.9 Å². The van der Waals surface area contributed by atoms with Gasteiger partial charge in [-0.25, -0.2) is 9.97 Å². The van der Waals surface area contributed by atoms with Gasteiger partial charge in [0.05, 0.1) is 6.61 Å². The molecular formula is C7H7Cl2N3O. The molecule has 2 rings (SSSR count). The van der Waals surface area contributed by atoms with Crippen LogP contribution in [0.4, 0.5) is 5.82 Å². The second-order valence-electron chi connectivity index (χ2n) is 2.62. The van der Waals surface area contributed by atoms with E-state index < -0.39 is 0 Å². The maximum Gasteiger partial charge on any atom is 0.225 e. The Morgan fingerprint density at radius 1 is 1.38 bits per heavy atom. The van der Waals surface area contributed by atoms with E-state index in [1.807, 2.05) is 4.90 Å². The van der Waals surface area contributed by atoms with Crippen molar-refractivity contribution in [1.82, 2.24) is 9.97 Å². The van der Waals surface area contributed by atoms with Gasteiger partial charge in [0.2, 0.25) is 5.28 Å². The second-order valence-corrected chi connectivity index (χ2v) is 3.34. The number of rotatable bonds is 1. The SMILES string of the molecule is Clc1cc(N2CCOC2)nc(Cl)n1. The topological polar surface area (TPSA) is 38.2 Å². The highest BCUT2D eigenvalue weighted by atomic mass is 35.5. The number of aromatic nitrogens is 2. The van der Waals surface area contributed by atoms with Crippen LogP contribution in [0.3, 0.4) is 0 Å². The lowest BCUT2D eigenvalue weighted by molar-refractivity contribution is 0.201. The predicted octanol–water partition coefficient (Wildman–Crippen LogP) is 1.58. The van der Waals surface area contributed by atoms with Crippen molar-refractivity contribution in [2.75, 3.05) is 24.8 Å². The highest BCUT2D eigenvalue weighted by Crippen LogP contribution is 2.19. The van der Waals surface area contributed by atoms with Crippen molar-refractivity contribution in [3.63, 3.8) is 0 Å². The van der Waals surface area contributed by atoms with E-state index in [-0.39, 0.29) is 5.28 Å². The molecule has 13 heavy (non-hydrogen) atoms. The molecular weight excluding hydrogens is 213 g/mol. The van der Waals surface area contributed by atoms with Crippen LogP contribution >= 0.6 is 23.2 Å². The zero-order chi connectivity index (χ0) is 9.26. The minimum atomic E-state index is 0.161. The third kappa shape index (κ3) is 2.02. The molecule has 0 N–H and O–H groups in total. The van der Waals surface area contributed by atoms with Crippen LogP contribution in [-0.2, 0) is 4.74 Å². The van der Waals surface area contributed by atoms with Gasteiger partial charge in [0.15, 0.2) is 0 Å². The summed E-state index contributed by atoms with van der Waals surface area (Å²) in [6.07, 6.45) is 0. The maximum atomic E-state index is 5.73. The first-order valence-corrected chi connectivity index (χ1v) is 4.54. The molecule has 1 aromatic heterocycles. The summed E-state index contributed by atoms with van der Waals surface area (Å²) in [5.74, 6) is 0.711. The first kappa shape index (κ1) is 8.99. The summed E-state index contributed by atoms with van der Waals surface area (Å²) in [7, 11) is 0. The third-order valence-corrected chi connectivity index (χ3v) is 2.09. The van der Waals surface area contributed by atoms with E-state index in [4.69, 9.17) is 27.9 Å². The standard InChI is InChI=1S/C7H7Cl2N3O/c8-5-3-6(11-7(9)10-5)12-1-2-13-4-12/h3H,1-2,4H2. The Morgan fingerprint density at radius 2 is 2.23 bits per heavy atom. The minimum absolute atomic E-state index is 0.161. The van der Waals surface area contributed by atoms with Crippen LogP contribution in [0.15, 0.2) is 6.07 Å². The first-order valence-electron chi connectivity index (χ1n) is 3.78. The molecule has 0 saturated carbocycles. The van der Waals surface area contributed by atoms with Gasteiger partial charge < -0.3 is 9.64 Å². The van der Waals surface area contributed by atoms with Crippen LogP contribution in [0.25, 0.3) is 0 Å². The minimum Gasteiger partial charge on any atom is -0.359 e. The highest BCUT2D eigenvalue weighted by Gasteiger charge is 2.15. The zero-order valence-corrected chi connectivity index (χ0v) is 8.22. The predicted molar refractivity (Wildman–Crippen MR) is 50.2 cm³/mol. The van der Waals surface area contributed by atoms with Crippen molar-refractivity contribution < 1.29 is 4.74 Å². The quantitative estimate of drug-likeness (QED) is 0.532. The molecule has 0 radical (unpaired) electrons. The molecule has 0 bridgehead atoms.